The number of piperidine rings is 1. The first-order chi connectivity index (χ1) is 7.17. The fraction of sp³-hybridized carbons (Fsp3) is 0.909. The van der Waals surface area contributed by atoms with Gasteiger partial charge in [-0.3, -0.25) is 0 Å². The van der Waals surface area contributed by atoms with E-state index in [2.05, 4.69) is 5.32 Å². The van der Waals surface area contributed by atoms with Crippen molar-refractivity contribution in [2.75, 3.05) is 13.6 Å². The Labute approximate surface area is 102 Å². The number of carbonyl (C=O) groups is 1. The molecule has 0 radical (unpaired) electrons. The van der Waals surface area contributed by atoms with Gasteiger partial charge in [0.15, 0.2) is 0 Å². The van der Waals surface area contributed by atoms with E-state index in [0.29, 0.717) is 12.1 Å². The third-order valence-electron chi connectivity index (χ3n) is 4.09. The number of hydrogen-bond donors (Lipinski definition) is 1. The summed E-state index contributed by atoms with van der Waals surface area (Å²) < 4.78 is 5.65. The first kappa shape index (κ1) is 12.0. The van der Waals surface area contributed by atoms with E-state index in [-0.39, 0.29) is 24.1 Å². The number of nitrogens with zero attached hydrogens (tertiary/aromatic N) is 1. The molecule has 3 heterocycles. The normalized spacial score (nSPS) is 41.8. The lowest BCUT2D eigenvalue weighted by Gasteiger charge is -2.45. The zero-order valence-electron chi connectivity index (χ0n) is 9.57. The van der Waals surface area contributed by atoms with Crippen LogP contribution in [0.15, 0.2) is 0 Å². The van der Waals surface area contributed by atoms with Crippen molar-refractivity contribution in [1.82, 2.24) is 10.2 Å². The Morgan fingerprint density at radius 2 is 2.00 bits per heavy atom. The molecule has 4 nitrogen and oxygen atoms in total. The molecule has 5 heteroatoms. The maximum atomic E-state index is 11.6. The summed E-state index contributed by atoms with van der Waals surface area (Å²) in [5.74, 6) is 0. The summed E-state index contributed by atoms with van der Waals surface area (Å²) in [4.78, 5) is 13.3. The van der Waals surface area contributed by atoms with Gasteiger partial charge in [0.1, 0.15) is 5.60 Å². The van der Waals surface area contributed by atoms with Gasteiger partial charge in [0.05, 0.1) is 0 Å². The number of rotatable bonds is 0. The van der Waals surface area contributed by atoms with Crippen LogP contribution in [0, 0.1) is 0 Å². The summed E-state index contributed by atoms with van der Waals surface area (Å²) in [5.41, 5.74) is -0.138. The molecule has 0 saturated carbocycles. The van der Waals surface area contributed by atoms with E-state index >= 15 is 0 Å². The van der Waals surface area contributed by atoms with Crippen LogP contribution >= 0.6 is 12.4 Å². The Morgan fingerprint density at radius 3 is 2.56 bits per heavy atom. The lowest BCUT2D eigenvalue weighted by atomic mass is 9.83. The van der Waals surface area contributed by atoms with Gasteiger partial charge >= 0.3 is 6.09 Å². The number of carbonyl (C=O) groups excluding carboxylic acids is 1. The molecule has 3 fully saturated rings. The van der Waals surface area contributed by atoms with E-state index in [1.54, 1.807) is 4.90 Å². The Bertz CT molecular complexity index is 286. The largest absolute Gasteiger partial charge is 0.443 e. The van der Waals surface area contributed by atoms with Crippen LogP contribution in [0.3, 0.4) is 0 Å². The average molecular weight is 247 g/mol. The molecular formula is C11H19ClN2O2. The van der Waals surface area contributed by atoms with E-state index in [4.69, 9.17) is 4.74 Å². The van der Waals surface area contributed by atoms with Crippen LogP contribution in [-0.4, -0.2) is 42.3 Å². The molecular weight excluding hydrogens is 228 g/mol. The summed E-state index contributed by atoms with van der Waals surface area (Å²) in [7, 11) is 1.81. The van der Waals surface area contributed by atoms with Crippen LogP contribution in [0.25, 0.3) is 0 Å². The SMILES string of the molecule is CN1CCC2(C[C@H]3CC[C@@H](C2)N3)OC1=O.Cl. The van der Waals surface area contributed by atoms with Gasteiger partial charge in [0.2, 0.25) is 0 Å². The predicted molar refractivity (Wildman–Crippen MR) is 62.9 cm³/mol. The van der Waals surface area contributed by atoms with Crippen LogP contribution in [-0.2, 0) is 4.74 Å². The number of nitrogens with one attached hydrogen (secondary N) is 1. The van der Waals surface area contributed by atoms with Gasteiger partial charge < -0.3 is 15.0 Å². The van der Waals surface area contributed by atoms with Crippen LogP contribution in [0.1, 0.15) is 32.1 Å². The third-order valence-corrected chi connectivity index (χ3v) is 4.09. The van der Waals surface area contributed by atoms with Crippen molar-refractivity contribution >= 4 is 18.5 Å². The van der Waals surface area contributed by atoms with Crippen molar-refractivity contribution in [2.45, 2.75) is 49.8 Å². The molecule has 3 atom stereocenters. The predicted octanol–water partition coefficient (Wildman–Crippen LogP) is 1.53. The lowest BCUT2D eigenvalue weighted by Crippen LogP contribution is -2.56. The summed E-state index contributed by atoms with van der Waals surface area (Å²) in [6.07, 6.45) is 5.40. The van der Waals surface area contributed by atoms with E-state index in [1.807, 2.05) is 7.05 Å². The number of ether oxygens (including phenoxy) is 1. The smallest absolute Gasteiger partial charge is 0.410 e. The fourth-order valence-corrected chi connectivity index (χ4v) is 3.27. The molecule has 0 aromatic heterocycles. The van der Waals surface area contributed by atoms with Crippen LogP contribution in [0.2, 0.25) is 0 Å². The Hall–Kier alpha value is -0.480. The maximum Gasteiger partial charge on any atom is 0.410 e. The lowest BCUT2D eigenvalue weighted by molar-refractivity contribution is -0.0699. The fourth-order valence-electron chi connectivity index (χ4n) is 3.27. The van der Waals surface area contributed by atoms with Gasteiger partial charge in [-0.1, -0.05) is 0 Å². The van der Waals surface area contributed by atoms with Crippen molar-refractivity contribution in [1.29, 1.82) is 0 Å². The van der Waals surface area contributed by atoms with Crippen molar-refractivity contribution < 1.29 is 9.53 Å². The Kier molecular flexibility index (Phi) is 3.05. The summed E-state index contributed by atoms with van der Waals surface area (Å²) in [6, 6.07) is 1.17. The van der Waals surface area contributed by atoms with Gasteiger partial charge in [-0.2, -0.15) is 0 Å². The molecule has 3 rings (SSSR count). The van der Waals surface area contributed by atoms with Gasteiger partial charge in [-0.15, -0.1) is 12.4 Å². The topological polar surface area (TPSA) is 41.6 Å². The molecule has 1 N–H and O–H groups in total. The molecule has 1 spiro atoms. The van der Waals surface area contributed by atoms with Crippen molar-refractivity contribution in [2.24, 2.45) is 0 Å². The van der Waals surface area contributed by atoms with E-state index in [1.165, 1.54) is 12.8 Å². The third kappa shape index (κ3) is 1.89. The van der Waals surface area contributed by atoms with Crippen LogP contribution in [0.5, 0.6) is 0 Å². The van der Waals surface area contributed by atoms with Gasteiger partial charge in [-0.25, -0.2) is 4.79 Å². The number of fused-ring (bicyclic) bond motifs is 2. The van der Waals surface area contributed by atoms with E-state index in [9.17, 15) is 4.79 Å². The molecule has 3 saturated heterocycles. The van der Waals surface area contributed by atoms with Crippen LogP contribution < -0.4 is 5.32 Å². The number of amides is 1. The van der Waals surface area contributed by atoms with Gasteiger partial charge in [-0.05, 0) is 12.8 Å². The average Bonchev–Trinajstić information content (AvgIpc) is 2.54. The number of hydrogen-bond acceptors (Lipinski definition) is 3. The first-order valence-corrected chi connectivity index (χ1v) is 5.87. The standard InChI is InChI=1S/C11H18N2O2.ClH/c1-13-5-4-11(15-10(13)14)6-8-2-3-9(7-11)12-8;/h8-9,12H,2-7H2,1H3;1H/t8-,9+,11?;. The van der Waals surface area contributed by atoms with E-state index < -0.39 is 0 Å². The Morgan fingerprint density at radius 1 is 1.38 bits per heavy atom. The molecule has 3 aliphatic rings. The summed E-state index contributed by atoms with van der Waals surface area (Å²) in [5, 5.41) is 3.58. The monoisotopic (exact) mass is 246 g/mol. The van der Waals surface area contributed by atoms with E-state index in [0.717, 1.165) is 25.8 Å². The molecule has 16 heavy (non-hydrogen) atoms. The molecule has 1 amide bonds. The molecule has 0 aromatic carbocycles. The van der Waals surface area contributed by atoms with Crippen molar-refractivity contribution in [3.8, 4) is 0 Å². The first-order valence-electron chi connectivity index (χ1n) is 5.87. The minimum atomic E-state index is -0.138. The minimum absolute atomic E-state index is 0. The van der Waals surface area contributed by atoms with Crippen molar-refractivity contribution in [3.63, 3.8) is 0 Å². The second-order valence-electron chi connectivity index (χ2n) is 5.27. The second-order valence-corrected chi connectivity index (χ2v) is 5.27. The highest BCUT2D eigenvalue weighted by Crippen LogP contribution is 2.40. The van der Waals surface area contributed by atoms with Crippen LogP contribution in [0.4, 0.5) is 4.79 Å². The highest BCUT2D eigenvalue weighted by Gasteiger charge is 2.48. The molecule has 0 aromatic rings. The Balaban J connectivity index is 0.000000963. The second kappa shape index (κ2) is 4.08. The molecule has 2 bridgehead atoms. The summed E-state index contributed by atoms with van der Waals surface area (Å²) >= 11 is 0. The van der Waals surface area contributed by atoms with Crippen molar-refractivity contribution in [3.05, 3.63) is 0 Å². The number of halogens is 1. The molecule has 1 unspecified atom stereocenters. The zero-order chi connectivity index (χ0) is 10.5. The van der Waals surface area contributed by atoms with Gasteiger partial charge in [0, 0.05) is 44.9 Å². The highest BCUT2D eigenvalue weighted by atomic mass is 35.5. The quantitative estimate of drug-likeness (QED) is 0.705. The minimum Gasteiger partial charge on any atom is -0.443 e. The van der Waals surface area contributed by atoms with Gasteiger partial charge in [0.25, 0.3) is 0 Å². The molecule has 92 valence electrons. The molecule has 3 aliphatic heterocycles. The zero-order valence-corrected chi connectivity index (χ0v) is 10.4. The molecule has 0 aliphatic carbocycles. The highest BCUT2D eigenvalue weighted by molar-refractivity contribution is 5.85. The summed E-state index contributed by atoms with van der Waals surface area (Å²) in [6.45, 7) is 0.846. The maximum absolute atomic E-state index is 11.6.